The van der Waals surface area contributed by atoms with Crippen LogP contribution in [0.15, 0.2) is 77.7 Å². The summed E-state index contributed by atoms with van der Waals surface area (Å²) in [5, 5.41) is 2.63. The molecule has 186 valence electrons. The molecular weight excluding hydrogens is 524 g/mol. The molecule has 1 amide bonds. The number of benzene rings is 3. The van der Waals surface area contributed by atoms with Gasteiger partial charge in [0.15, 0.2) is 0 Å². The van der Waals surface area contributed by atoms with Crippen LogP contribution in [0.1, 0.15) is 17.5 Å². The number of halogens is 5. The van der Waals surface area contributed by atoms with Crippen molar-refractivity contribution in [2.45, 2.75) is 23.9 Å². The molecule has 0 fully saturated rings. The third-order valence-corrected chi connectivity index (χ3v) is 7.55. The smallest absolute Gasteiger partial charge is 0.355 e. The van der Waals surface area contributed by atoms with Crippen LogP contribution in [0.5, 0.6) is 0 Å². The Hall–Kier alpha value is -2.75. The number of carbonyl (C=O) groups is 1. The molecule has 0 spiro atoms. The fraction of sp³-hybridized carbons (Fsp3) is 0.208. The third-order valence-electron chi connectivity index (χ3n) is 5.06. The maximum Gasteiger partial charge on any atom is 0.417 e. The largest absolute Gasteiger partial charge is 0.417 e. The molecule has 1 N–H and O–H groups in total. The highest BCUT2D eigenvalue weighted by molar-refractivity contribution is 7.92. The SMILES string of the molecule is O=C(CN(c1ccc(Cl)c(C(F)(F)F)c1)S(=O)(=O)c1ccccc1)NCCCc1ccccc1Cl. The number of alkyl halides is 3. The van der Waals surface area contributed by atoms with E-state index in [1.807, 2.05) is 12.1 Å². The molecule has 0 heterocycles. The Balaban J connectivity index is 1.81. The second-order valence-corrected chi connectivity index (χ2v) is 10.2. The van der Waals surface area contributed by atoms with E-state index in [1.165, 1.54) is 24.3 Å². The minimum atomic E-state index is -4.81. The molecule has 0 bridgehead atoms. The summed E-state index contributed by atoms with van der Waals surface area (Å²) in [5.41, 5.74) is -0.639. The zero-order chi connectivity index (χ0) is 25.6. The van der Waals surface area contributed by atoms with Gasteiger partial charge in [-0.05, 0) is 54.8 Å². The van der Waals surface area contributed by atoms with Crippen LogP contribution < -0.4 is 9.62 Å². The van der Waals surface area contributed by atoms with E-state index in [-0.39, 0.29) is 17.1 Å². The Morgan fingerprint density at radius 2 is 1.57 bits per heavy atom. The molecule has 0 unspecified atom stereocenters. The Morgan fingerprint density at radius 1 is 0.914 bits per heavy atom. The maximum absolute atomic E-state index is 13.4. The highest BCUT2D eigenvalue weighted by Crippen LogP contribution is 2.38. The van der Waals surface area contributed by atoms with Gasteiger partial charge in [0.1, 0.15) is 6.54 Å². The molecule has 0 atom stereocenters. The van der Waals surface area contributed by atoms with Gasteiger partial charge < -0.3 is 5.32 Å². The first kappa shape index (κ1) is 26.8. The van der Waals surface area contributed by atoms with Gasteiger partial charge in [0.05, 0.1) is 21.2 Å². The average Bonchev–Trinajstić information content (AvgIpc) is 2.81. The normalized spacial score (nSPS) is 11.8. The summed E-state index contributed by atoms with van der Waals surface area (Å²) in [4.78, 5) is 12.5. The van der Waals surface area contributed by atoms with E-state index in [4.69, 9.17) is 23.2 Å². The van der Waals surface area contributed by atoms with Crippen molar-refractivity contribution in [3.8, 4) is 0 Å². The van der Waals surface area contributed by atoms with Gasteiger partial charge in [0.2, 0.25) is 5.91 Å². The minimum Gasteiger partial charge on any atom is -0.355 e. The zero-order valence-corrected chi connectivity index (χ0v) is 20.6. The van der Waals surface area contributed by atoms with Crippen LogP contribution in [-0.4, -0.2) is 27.4 Å². The summed E-state index contributed by atoms with van der Waals surface area (Å²) in [6, 6.07) is 17.1. The maximum atomic E-state index is 13.4. The summed E-state index contributed by atoms with van der Waals surface area (Å²) < 4.78 is 67.4. The third kappa shape index (κ3) is 6.90. The first-order valence-corrected chi connectivity index (χ1v) is 12.6. The molecular formula is C24H21Cl2F3N2O3S. The van der Waals surface area contributed by atoms with E-state index in [1.54, 1.807) is 18.2 Å². The number of amides is 1. The Labute approximate surface area is 211 Å². The van der Waals surface area contributed by atoms with Crippen LogP contribution in [-0.2, 0) is 27.4 Å². The molecule has 3 aromatic carbocycles. The first-order valence-electron chi connectivity index (χ1n) is 10.4. The molecule has 0 aliphatic rings. The van der Waals surface area contributed by atoms with Crippen LogP contribution in [0, 0.1) is 0 Å². The molecule has 0 aliphatic carbocycles. The monoisotopic (exact) mass is 544 g/mol. The summed E-state index contributed by atoms with van der Waals surface area (Å²) in [5.74, 6) is -0.674. The Morgan fingerprint density at radius 3 is 2.23 bits per heavy atom. The number of hydrogen-bond donors (Lipinski definition) is 1. The number of anilines is 1. The number of sulfonamides is 1. The zero-order valence-electron chi connectivity index (χ0n) is 18.2. The number of nitrogens with one attached hydrogen (secondary N) is 1. The van der Waals surface area contributed by atoms with Crippen molar-refractivity contribution in [2.24, 2.45) is 0 Å². The molecule has 0 saturated carbocycles. The van der Waals surface area contributed by atoms with Gasteiger partial charge >= 0.3 is 6.18 Å². The van der Waals surface area contributed by atoms with Gasteiger partial charge in [0, 0.05) is 11.6 Å². The van der Waals surface area contributed by atoms with E-state index in [2.05, 4.69) is 5.32 Å². The van der Waals surface area contributed by atoms with Gasteiger partial charge in [-0.15, -0.1) is 0 Å². The van der Waals surface area contributed by atoms with Crippen molar-refractivity contribution >= 4 is 44.8 Å². The standard InChI is InChI=1S/C24H21Cl2F3N2O3S/c25-21-11-5-4-7-17(21)8-6-14-30-23(32)16-31(35(33,34)19-9-2-1-3-10-19)18-12-13-22(26)20(15-18)24(27,28)29/h1-5,7,9-13,15H,6,8,14,16H2,(H,30,32). The second-order valence-electron chi connectivity index (χ2n) is 7.53. The van der Waals surface area contributed by atoms with Gasteiger partial charge in [-0.1, -0.05) is 59.6 Å². The number of rotatable bonds is 9. The lowest BCUT2D eigenvalue weighted by Crippen LogP contribution is -2.41. The summed E-state index contributed by atoms with van der Waals surface area (Å²) in [6.45, 7) is -0.500. The van der Waals surface area contributed by atoms with E-state index < -0.39 is 39.2 Å². The summed E-state index contributed by atoms with van der Waals surface area (Å²) in [7, 11) is -4.36. The average molecular weight is 545 g/mol. The second kappa shape index (κ2) is 11.3. The Kier molecular flexibility index (Phi) is 8.69. The van der Waals surface area contributed by atoms with Crippen LogP contribution in [0.2, 0.25) is 10.0 Å². The molecule has 0 aliphatic heterocycles. The van der Waals surface area contributed by atoms with Gasteiger partial charge in [0.25, 0.3) is 10.0 Å². The van der Waals surface area contributed by atoms with Crippen molar-refractivity contribution in [1.82, 2.24) is 5.32 Å². The van der Waals surface area contributed by atoms with Crippen molar-refractivity contribution < 1.29 is 26.4 Å². The quantitative estimate of drug-likeness (QED) is 0.338. The van der Waals surface area contributed by atoms with Crippen molar-refractivity contribution in [3.05, 3.63) is 94.0 Å². The molecule has 0 radical (unpaired) electrons. The fourth-order valence-electron chi connectivity index (χ4n) is 3.31. The molecule has 3 aromatic rings. The molecule has 0 saturated heterocycles. The van der Waals surface area contributed by atoms with Crippen LogP contribution in [0.25, 0.3) is 0 Å². The highest BCUT2D eigenvalue weighted by Gasteiger charge is 2.35. The molecule has 35 heavy (non-hydrogen) atoms. The highest BCUT2D eigenvalue weighted by atomic mass is 35.5. The molecule has 11 heteroatoms. The predicted octanol–water partition coefficient (Wildman–Crippen LogP) is 5.96. The van der Waals surface area contributed by atoms with Crippen LogP contribution in [0.3, 0.4) is 0 Å². The summed E-state index contributed by atoms with van der Waals surface area (Å²) in [6.07, 6.45) is -3.70. The lowest BCUT2D eigenvalue weighted by molar-refractivity contribution is -0.137. The van der Waals surface area contributed by atoms with Crippen molar-refractivity contribution in [3.63, 3.8) is 0 Å². The van der Waals surface area contributed by atoms with E-state index in [0.717, 1.165) is 17.7 Å². The van der Waals surface area contributed by atoms with Crippen LogP contribution >= 0.6 is 23.2 Å². The fourth-order valence-corrected chi connectivity index (χ4v) is 5.20. The van der Waals surface area contributed by atoms with E-state index in [9.17, 15) is 26.4 Å². The van der Waals surface area contributed by atoms with Crippen molar-refractivity contribution in [1.29, 1.82) is 0 Å². The van der Waals surface area contributed by atoms with Gasteiger partial charge in [-0.2, -0.15) is 13.2 Å². The Bertz CT molecular complexity index is 1290. The lowest BCUT2D eigenvalue weighted by atomic mass is 10.1. The number of nitrogens with zero attached hydrogens (tertiary/aromatic N) is 1. The van der Waals surface area contributed by atoms with Gasteiger partial charge in [-0.25, -0.2) is 8.42 Å². The van der Waals surface area contributed by atoms with Crippen LogP contribution in [0.4, 0.5) is 18.9 Å². The molecule has 5 nitrogen and oxygen atoms in total. The van der Waals surface area contributed by atoms with Gasteiger partial charge in [-0.3, -0.25) is 9.10 Å². The van der Waals surface area contributed by atoms with E-state index >= 15 is 0 Å². The summed E-state index contributed by atoms with van der Waals surface area (Å²) >= 11 is 11.8. The lowest BCUT2D eigenvalue weighted by Gasteiger charge is -2.25. The minimum absolute atomic E-state index is 0.171. The van der Waals surface area contributed by atoms with Crippen molar-refractivity contribution in [2.75, 3.05) is 17.4 Å². The first-order chi connectivity index (χ1) is 16.5. The molecule has 0 aromatic heterocycles. The van der Waals surface area contributed by atoms with E-state index in [0.29, 0.717) is 28.2 Å². The number of carbonyl (C=O) groups excluding carboxylic acids is 1. The topological polar surface area (TPSA) is 66.5 Å². The predicted molar refractivity (Wildman–Crippen MR) is 130 cm³/mol. The molecule has 3 rings (SSSR count). The number of aryl methyl sites for hydroxylation is 1. The number of hydrogen-bond acceptors (Lipinski definition) is 3.